The molecule has 2 N–H and O–H groups in total. The molecule has 2 rings (SSSR count). The van der Waals surface area contributed by atoms with Gasteiger partial charge >= 0.3 is 5.97 Å². The fraction of sp³-hybridized carbons (Fsp3) is 0.0588. The Morgan fingerprint density at radius 1 is 1.14 bits per heavy atom. The average molecular weight is 297 g/mol. The second-order valence-electron chi connectivity index (χ2n) is 4.46. The van der Waals surface area contributed by atoms with Crippen LogP contribution in [-0.2, 0) is 9.53 Å². The van der Waals surface area contributed by atoms with Crippen molar-refractivity contribution >= 4 is 23.6 Å². The number of hydrogen-bond acceptors (Lipinski definition) is 4. The van der Waals surface area contributed by atoms with E-state index in [1.54, 1.807) is 6.08 Å². The predicted octanol–water partition coefficient (Wildman–Crippen LogP) is 2.83. The minimum atomic E-state index is -0.673. The van der Waals surface area contributed by atoms with Crippen LogP contribution in [0.15, 0.2) is 54.6 Å². The number of phenolic OH excluding ortho intramolecular Hbond substituents is 1. The maximum Gasteiger partial charge on any atom is 0.341 e. The van der Waals surface area contributed by atoms with E-state index in [0.717, 1.165) is 5.56 Å². The number of anilines is 1. The van der Waals surface area contributed by atoms with E-state index < -0.39 is 5.97 Å². The Labute approximate surface area is 127 Å². The molecule has 0 aliphatic rings. The lowest BCUT2D eigenvalue weighted by Crippen LogP contribution is -2.09. The molecule has 5 nitrogen and oxygen atoms in total. The van der Waals surface area contributed by atoms with Crippen LogP contribution in [0.1, 0.15) is 15.9 Å². The standard InChI is InChI=1S/C17H15NO4/c1-22-17(21)14-11-13(8-9-15(14)19)18-16(20)10-7-12-5-3-2-4-6-12/h2-11,19H,1H3,(H,18,20)/b10-7+. The molecule has 1 amide bonds. The molecule has 2 aromatic rings. The third-order valence-corrected chi connectivity index (χ3v) is 2.90. The number of phenols is 1. The van der Waals surface area contributed by atoms with Gasteiger partial charge in [0.25, 0.3) is 0 Å². The highest BCUT2D eigenvalue weighted by molar-refractivity contribution is 6.03. The molecule has 112 valence electrons. The molecule has 0 spiro atoms. The lowest BCUT2D eigenvalue weighted by molar-refractivity contribution is -0.111. The van der Waals surface area contributed by atoms with Gasteiger partial charge in [0.15, 0.2) is 0 Å². The van der Waals surface area contributed by atoms with Crippen LogP contribution in [0, 0.1) is 0 Å². The highest BCUT2D eigenvalue weighted by Gasteiger charge is 2.12. The molecular formula is C17H15NO4. The van der Waals surface area contributed by atoms with Gasteiger partial charge < -0.3 is 15.2 Å². The van der Waals surface area contributed by atoms with Crippen molar-refractivity contribution in [3.8, 4) is 5.75 Å². The first kappa shape index (κ1) is 15.3. The molecule has 5 heteroatoms. The summed E-state index contributed by atoms with van der Waals surface area (Å²) < 4.78 is 4.56. The van der Waals surface area contributed by atoms with E-state index in [1.165, 1.54) is 31.4 Å². The van der Waals surface area contributed by atoms with Gasteiger partial charge in [-0.2, -0.15) is 0 Å². The number of aromatic hydroxyl groups is 1. The van der Waals surface area contributed by atoms with Gasteiger partial charge in [-0.3, -0.25) is 4.79 Å². The molecular weight excluding hydrogens is 282 g/mol. The van der Waals surface area contributed by atoms with E-state index in [9.17, 15) is 14.7 Å². The summed E-state index contributed by atoms with van der Waals surface area (Å²) >= 11 is 0. The van der Waals surface area contributed by atoms with E-state index >= 15 is 0 Å². The molecule has 0 saturated heterocycles. The van der Waals surface area contributed by atoms with Crippen molar-refractivity contribution in [2.45, 2.75) is 0 Å². The monoisotopic (exact) mass is 297 g/mol. The topological polar surface area (TPSA) is 75.6 Å². The number of carbonyl (C=O) groups excluding carboxylic acids is 2. The van der Waals surface area contributed by atoms with E-state index in [2.05, 4.69) is 10.1 Å². The van der Waals surface area contributed by atoms with Crippen LogP contribution >= 0.6 is 0 Å². The number of benzene rings is 2. The number of ether oxygens (including phenoxy) is 1. The number of esters is 1. The Hall–Kier alpha value is -3.08. The maximum absolute atomic E-state index is 11.8. The molecule has 0 bridgehead atoms. The molecule has 0 saturated carbocycles. The van der Waals surface area contributed by atoms with Crippen LogP contribution in [0.3, 0.4) is 0 Å². The molecule has 0 atom stereocenters. The molecule has 0 heterocycles. The molecule has 2 aromatic carbocycles. The highest BCUT2D eigenvalue weighted by atomic mass is 16.5. The predicted molar refractivity (Wildman–Crippen MR) is 83.6 cm³/mol. The quantitative estimate of drug-likeness (QED) is 0.517. The van der Waals surface area contributed by atoms with Crippen molar-refractivity contribution in [2.24, 2.45) is 0 Å². The van der Waals surface area contributed by atoms with Gasteiger partial charge in [-0.25, -0.2) is 4.79 Å². The smallest absolute Gasteiger partial charge is 0.341 e. The number of amides is 1. The van der Waals surface area contributed by atoms with E-state index in [1.807, 2.05) is 30.3 Å². The first-order valence-corrected chi connectivity index (χ1v) is 6.55. The van der Waals surface area contributed by atoms with Crippen LogP contribution in [0.25, 0.3) is 6.08 Å². The van der Waals surface area contributed by atoms with Crippen LogP contribution in [0.4, 0.5) is 5.69 Å². The van der Waals surface area contributed by atoms with Crippen LogP contribution in [0.2, 0.25) is 0 Å². The zero-order valence-corrected chi connectivity index (χ0v) is 11.9. The summed E-state index contributed by atoms with van der Waals surface area (Å²) in [5.74, 6) is -1.22. The number of rotatable bonds is 4. The maximum atomic E-state index is 11.8. The zero-order chi connectivity index (χ0) is 15.9. The fourth-order valence-electron chi connectivity index (χ4n) is 1.81. The Balaban J connectivity index is 2.09. The van der Waals surface area contributed by atoms with Crippen LogP contribution in [0.5, 0.6) is 5.75 Å². The van der Waals surface area contributed by atoms with Gasteiger partial charge in [0.1, 0.15) is 11.3 Å². The van der Waals surface area contributed by atoms with Crippen molar-refractivity contribution in [1.82, 2.24) is 0 Å². The lowest BCUT2D eigenvalue weighted by atomic mass is 10.1. The fourth-order valence-corrected chi connectivity index (χ4v) is 1.81. The molecule has 22 heavy (non-hydrogen) atoms. The van der Waals surface area contributed by atoms with Gasteiger partial charge in [0.2, 0.25) is 5.91 Å². The number of nitrogens with one attached hydrogen (secondary N) is 1. The summed E-state index contributed by atoms with van der Waals surface area (Å²) in [5, 5.41) is 12.2. The second kappa shape index (κ2) is 7.08. The largest absolute Gasteiger partial charge is 0.507 e. The van der Waals surface area contributed by atoms with E-state index in [0.29, 0.717) is 5.69 Å². The Morgan fingerprint density at radius 3 is 2.55 bits per heavy atom. The SMILES string of the molecule is COC(=O)c1cc(NC(=O)/C=C/c2ccccc2)ccc1O. The van der Waals surface area contributed by atoms with Crippen molar-refractivity contribution in [3.05, 3.63) is 65.7 Å². The molecule has 0 fully saturated rings. The van der Waals surface area contributed by atoms with Crippen LogP contribution < -0.4 is 5.32 Å². The summed E-state index contributed by atoms with van der Waals surface area (Å²) in [6, 6.07) is 13.6. The zero-order valence-electron chi connectivity index (χ0n) is 11.9. The van der Waals surface area contributed by atoms with Crippen LogP contribution in [-0.4, -0.2) is 24.1 Å². The summed E-state index contributed by atoms with van der Waals surface area (Å²) in [4.78, 5) is 23.3. The van der Waals surface area contributed by atoms with Crippen molar-refractivity contribution < 1.29 is 19.4 Å². The minimum absolute atomic E-state index is 0.00709. The Kier molecular flexibility index (Phi) is 4.93. The average Bonchev–Trinajstić information content (AvgIpc) is 2.55. The normalized spacial score (nSPS) is 10.4. The first-order valence-electron chi connectivity index (χ1n) is 6.55. The molecule has 0 radical (unpaired) electrons. The molecule has 0 unspecified atom stereocenters. The third-order valence-electron chi connectivity index (χ3n) is 2.90. The van der Waals surface area contributed by atoms with Gasteiger partial charge in [-0.15, -0.1) is 0 Å². The number of hydrogen-bond donors (Lipinski definition) is 2. The Morgan fingerprint density at radius 2 is 1.86 bits per heavy atom. The Bertz CT molecular complexity index is 708. The van der Waals surface area contributed by atoms with Gasteiger partial charge in [-0.1, -0.05) is 30.3 Å². The van der Waals surface area contributed by atoms with Gasteiger partial charge in [-0.05, 0) is 29.8 Å². The summed E-state index contributed by atoms with van der Waals surface area (Å²) in [5.41, 5.74) is 1.28. The summed E-state index contributed by atoms with van der Waals surface area (Å²) in [6.45, 7) is 0. The number of carbonyl (C=O) groups is 2. The van der Waals surface area contributed by atoms with Crippen molar-refractivity contribution in [2.75, 3.05) is 12.4 Å². The highest BCUT2D eigenvalue weighted by Crippen LogP contribution is 2.22. The third kappa shape index (κ3) is 3.96. The van der Waals surface area contributed by atoms with Crippen molar-refractivity contribution in [3.63, 3.8) is 0 Å². The molecule has 0 aliphatic carbocycles. The number of methoxy groups -OCH3 is 1. The van der Waals surface area contributed by atoms with E-state index in [4.69, 9.17) is 0 Å². The molecule has 0 aromatic heterocycles. The molecule has 0 aliphatic heterocycles. The second-order valence-corrected chi connectivity index (χ2v) is 4.46. The minimum Gasteiger partial charge on any atom is -0.507 e. The lowest BCUT2D eigenvalue weighted by Gasteiger charge is -2.06. The first-order chi connectivity index (χ1) is 10.6. The van der Waals surface area contributed by atoms with Crippen molar-refractivity contribution in [1.29, 1.82) is 0 Å². The van der Waals surface area contributed by atoms with Gasteiger partial charge in [0, 0.05) is 11.8 Å². The summed E-state index contributed by atoms with van der Waals surface area (Å²) in [7, 11) is 1.22. The van der Waals surface area contributed by atoms with E-state index in [-0.39, 0.29) is 17.2 Å². The van der Waals surface area contributed by atoms with Gasteiger partial charge in [0.05, 0.1) is 7.11 Å². The summed E-state index contributed by atoms with van der Waals surface area (Å²) in [6.07, 6.45) is 3.07.